The zero-order valence-electron chi connectivity index (χ0n) is 40.8. The second-order valence-corrected chi connectivity index (χ2v) is 19.7. The molecule has 10 unspecified atom stereocenters. The third-order valence-corrected chi connectivity index (χ3v) is 13.6. The zero-order chi connectivity index (χ0) is 51.7. The molecule has 15 N–H and O–H groups in total. The quantitative estimate of drug-likeness (QED) is 0.168. The fraction of sp³-hybridized carbons (Fsp3) is 0.686. The van der Waals surface area contributed by atoms with E-state index < -0.39 is 147 Å². The largest absolute Gasteiger partial charge is 0.462 e. The van der Waals surface area contributed by atoms with E-state index in [0.29, 0.717) is 12.8 Å². The molecule has 19 heteroatoms. The lowest BCUT2D eigenvalue weighted by atomic mass is 9.81. The van der Waals surface area contributed by atoms with Crippen LogP contribution in [0.3, 0.4) is 0 Å². The Morgan fingerprint density at radius 2 is 1.24 bits per heavy atom. The molecule has 3 fully saturated rings. The summed E-state index contributed by atoms with van der Waals surface area (Å²) in [6, 6.07) is -1.48. The molecule has 3 heterocycles. The summed E-state index contributed by atoms with van der Waals surface area (Å²) in [5, 5.41) is 113. The van der Waals surface area contributed by atoms with E-state index in [9.17, 15) is 60.7 Å². The smallest absolute Gasteiger partial charge is 0.308 e. The highest BCUT2D eigenvalue weighted by molar-refractivity contribution is 5.80. The van der Waals surface area contributed by atoms with E-state index in [1.165, 1.54) is 0 Å². The van der Waals surface area contributed by atoms with E-state index in [-0.39, 0.29) is 43.7 Å². The first-order chi connectivity index (χ1) is 33.1. The molecular formula is C51H81N3O16. The van der Waals surface area contributed by atoms with Crippen LogP contribution in [0.2, 0.25) is 0 Å². The highest BCUT2D eigenvalue weighted by Crippen LogP contribution is 2.38. The minimum atomic E-state index is -2.27. The van der Waals surface area contributed by atoms with Crippen LogP contribution in [-0.2, 0) is 28.5 Å². The number of ether oxygens (including phenoxy) is 4. The summed E-state index contributed by atoms with van der Waals surface area (Å²) in [4.78, 5) is 26.5. The Morgan fingerprint density at radius 1 is 0.657 bits per heavy atom. The molecule has 0 aromatic carbocycles. The number of allylic oxidation sites excluding steroid dienone is 12. The summed E-state index contributed by atoms with van der Waals surface area (Å²) in [6.07, 6.45) is 5.87. The molecule has 1 amide bonds. The summed E-state index contributed by atoms with van der Waals surface area (Å²) in [7, 11) is 0. The van der Waals surface area contributed by atoms with Gasteiger partial charge in [-0.05, 0) is 46.0 Å². The van der Waals surface area contributed by atoms with Gasteiger partial charge in [-0.15, -0.1) is 0 Å². The van der Waals surface area contributed by atoms with Crippen LogP contribution in [0.1, 0.15) is 91.9 Å². The molecule has 19 atom stereocenters. The van der Waals surface area contributed by atoms with Gasteiger partial charge in [0.05, 0.1) is 85.5 Å². The second kappa shape index (κ2) is 28.7. The maximum atomic E-state index is 13.9. The summed E-state index contributed by atoms with van der Waals surface area (Å²) >= 11 is 0. The van der Waals surface area contributed by atoms with Crippen LogP contribution < -0.4 is 16.8 Å². The number of hydrogen-bond acceptors (Lipinski definition) is 18. The van der Waals surface area contributed by atoms with E-state index in [2.05, 4.69) is 5.32 Å². The van der Waals surface area contributed by atoms with Crippen molar-refractivity contribution in [1.82, 2.24) is 5.32 Å². The van der Waals surface area contributed by atoms with Gasteiger partial charge in [-0.1, -0.05) is 98.9 Å². The fourth-order valence-corrected chi connectivity index (χ4v) is 9.07. The minimum absolute atomic E-state index is 0.0936. The molecule has 19 nitrogen and oxygen atoms in total. The molecule has 0 aromatic heterocycles. The van der Waals surface area contributed by atoms with Crippen molar-refractivity contribution in [3.05, 3.63) is 85.1 Å². The molecule has 4 rings (SSSR count). The van der Waals surface area contributed by atoms with Crippen LogP contribution in [0, 0.1) is 17.8 Å². The number of nitrogens with two attached hydrogens (primary N) is 2. The van der Waals surface area contributed by atoms with Gasteiger partial charge in [0.1, 0.15) is 12.2 Å². The Kier molecular flexibility index (Phi) is 24.2. The molecule has 3 aliphatic heterocycles. The number of amides is 1. The highest BCUT2D eigenvalue weighted by atomic mass is 16.7. The Labute approximate surface area is 411 Å². The van der Waals surface area contributed by atoms with Gasteiger partial charge in [-0.25, -0.2) is 0 Å². The first-order valence-electron chi connectivity index (χ1n) is 24.6. The maximum absolute atomic E-state index is 13.9. The second-order valence-electron chi connectivity index (χ2n) is 19.7. The molecule has 0 radical (unpaired) electrons. The van der Waals surface area contributed by atoms with Crippen molar-refractivity contribution >= 4 is 11.9 Å². The van der Waals surface area contributed by atoms with Crippen molar-refractivity contribution < 1.29 is 79.6 Å². The topological polar surface area (TPSA) is 337 Å². The van der Waals surface area contributed by atoms with E-state index in [0.717, 1.165) is 0 Å². The number of fused-ring (bicyclic) bond motifs is 2. The molecule has 396 valence electrons. The predicted octanol–water partition coefficient (Wildman–Crippen LogP) is 0.233. The summed E-state index contributed by atoms with van der Waals surface area (Å²) in [6.45, 7) is 6.80. The van der Waals surface area contributed by atoms with Gasteiger partial charge in [-0.3, -0.25) is 9.59 Å². The van der Waals surface area contributed by atoms with Crippen LogP contribution in [-0.4, -0.2) is 172 Å². The third-order valence-electron chi connectivity index (χ3n) is 13.6. The lowest BCUT2D eigenvalue weighted by Crippen LogP contribution is -2.62. The first kappa shape index (κ1) is 59.1. The minimum Gasteiger partial charge on any atom is -0.462 e. The van der Waals surface area contributed by atoms with E-state index >= 15 is 0 Å². The Hall–Kier alpha value is -3.48. The Balaban J connectivity index is 1.59. The van der Waals surface area contributed by atoms with Crippen molar-refractivity contribution in [3.8, 4) is 0 Å². The van der Waals surface area contributed by atoms with Gasteiger partial charge in [0.2, 0.25) is 5.91 Å². The number of carbonyl (C=O) groups excluding carboxylic acids is 2. The van der Waals surface area contributed by atoms with Crippen LogP contribution in [0.5, 0.6) is 0 Å². The van der Waals surface area contributed by atoms with Crippen LogP contribution in [0.4, 0.5) is 0 Å². The average molecular weight is 992 g/mol. The third kappa shape index (κ3) is 18.8. The summed E-state index contributed by atoms with van der Waals surface area (Å²) in [5.74, 6) is -5.55. The molecule has 2 saturated heterocycles. The highest BCUT2D eigenvalue weighted by Gasteiger charge is 2.51. The SMILES string of the molecule is C[C@@H]1OC(=O)CC(O)CC(O)CCC(O)C(O)CC(O)CC2(O)C[C@H](O)C(C(=O)N[C@H]3C[C@H](N)C3)[C@H](CC(O[C@@H]3O[C@H](C)C(O)[C@H](N)[C@@H]3O)/C=C/C=C/C=C/C=C/C=C/C=C/C=C/[C@H](C)C(O)[C@H]1C)O2. The zero-order valence-corrected chi connectivity index (χ0v) is 40.8. The number of rotatable bonds is 4. The number of aliphatic hydroxyl groups is 10. The summed E-state index contributed by atoms with van der Waals surface area (Å²) < 4.78 is 23.8. The van der Waals surface area contributed by atoms with Gasteiger partial charge in [0.15, 0.2) is 12.1 Å². The van der Waals surface area contributed by atoms with Crippen molar-refractivity contribution in [3.63, 3.8) is 0 Å². The Bertz CT molecular complexity index is 1820. The van der Waals surface area contributed by atoms with Gasteiger partial charge in [0.25, 0.3) is 0 Å². The monoisotopic (exact) mass is 992 g/mol. The fourth-order valence-electron chi connectivity index (χ4n) is 9.07. The molecule has 1 aliphatic carbocycles. The molecule has 70 heavy (non-hydrogen) atoms. The van der Waals surface area contributed by atoms with Gasteiger partial charge in [0, 0.05) is 49.6 Å². The summed E-state index contributed by atoms with van der Waals surface area (Å²) in [5.41, 5.74) is 12.1. The van der Waals surface area contributed by atoms with Crippen LogP contribution in [0.15, 0.2) is 85.1 Å². The van der Waals surface area contributed by atoms with E-state index in [1.54, 1.807) is 63.3 Å². The number of hydrogen-bond donors (Lipinski definition) is 13. The standard InChI is InChI=1S/C51H81N3O16/c1-29-17-15-13-11-9-7-5-6-8-10-12-14-16-18-38(69-50-48(64)45(53)47(63)32(4)68-50)26-42-44(49(65)54-34-21-33(52)22-34)41(60)28-51(66,70-42)27-37(57)24-40(59)39(58)20-19-35(55)23-36(56)25-43(61)67-31(3)30(2)46(29)62/h5-18,29-42,44-48,50,55-60,62-64,66H,19-28,52-53H2,1-4H3,(H,54,65)/b6-5+,9-7+,10-8+,13-11+,14-12+,17-15+,18-16+/t29-,30-,31-,32+,33-,34-,35?,36?,37?,38?,39?,40?,41-,42-,44?,45-,46?,47?,48-,50-,51?/m0/s1. The molecule has 2 bridgehead atoms. The number of aliphatic hydroxyl groups excluding tert-OH is 9. The van der Waals surface area contributed by atoms with E-state index in [1.807, 2.05) is 49.5 Å². The van der Waals surface area contributed by atoms with Crippen molar-refractivity contribution in [2.75, 3.05) is 0 Å². The van der Waals surface area contributed by atoms with Gasteiger partial charge in [-0.2, -0.15) is 0 Å². The van der Waals surface area contributed by atoms with Gasteiger partial charge < -0.3 is 86.8 Å². The van der Waals surface area contributed by atoms with Crippen LogP contribution in [0.25, 0.3) is 0 Å². The molecular weight excluding hydrogens is 911 g/mol. The lowest BCUT2D eigenvalue weighted by molar-refractivity contribution is -0.307. The normalized spacial score (nSPS) is 46.1. The molecule has 4 aliphatic rings. The Morgan fingerprint density at radius 3 is 1.84 bits per heavy atom. The maximum Gasteiger partial charge on any atom is 0.308 e. The predicted molar refractivity (Wildman–Crippen MR) is 258 cm³/mol. The number of cyclic esters (lactones) is 1. The van der Waals surface area contributed by atoms with E-state index in [4.69, 9.17) is 30.4 Å². The van der Waals surface area contributed by atoms with Crippen LogP contribution >= 0.6 is 0 Å². The number of nitrogens with one attached hydrogen (secondary N) is 1. The molecule has 0 aromatic rings. The average Bonchev–Trinajstić information content (AvgIpc) is 3.27. The molecule has 1 saturated carbocycles. The van der Waals surface area contributed by atoms with Crippen molar-refractivity contribution in [2.45, 2.75) is 201 Å². The lowest BCUT2D eigenvalue weighted by Gasteiger charge is -2.46. The molecule has 0 spiro atoms. The first-order valence-corrected chi connectivity index (χ1v) is 24.6. The van der Waals surface area contributed by atoms with Crippen molar-refractivity contribution in [2.24, 2.45) is 29.2 Å². The van der Waals surface area contributed by atoms with Gasteiger partial charge >= 0.3 is 5.97 Å². The number of esters is 1. The number of carbonyl (C=O) groups is 2. The van der Waals surface area contributed by atoms with Crippen molar-refractivity contribution in [1.29, 1.82) is 0 Å².